The molecule has 4 heteroatoms. The minimum absolute atomic E-state index is 0.581. The summed E-state index contributed by atoms with van der Waals surface area (Å²) in [6, 6.07) is 18.1. The molecule has 0 saturated carbocycles. The van der Waals surface area contributed by atoms with Gasteiger partial charge in [-0.2, -0.15) is 4.57 Å². The number of benzene rings is 2. The second kappa shape index (κ2) is 7.47. The first-order valence-corrected chi connectivity index (χ1v) is 8.23. The maximum atomic E-state index is 5.93. The van der Waals surface area contributed by atoms with Crippen molar-refractivity contribution in [1.29, 1.82) is 0 Å². The van der Waals surface area contributed by atoms with Crippen molar-refractivity contribution in [2.75, 3.05) is 13.7 Å². The molecule has 3 rings (SSSR count). The first-order chi connectivity index (χ1) is 11.7. The highest BCUT2D eigenvalue weighted by molar-refractivity contribution is 6.30. The van der Waals surface area contributed by atoms with Crippen molar-refractivity contribution < 1.29 is 9.30 Å². The lowest BCUT2D eigenvalue weighted by Crippen LogP contribution is -2.41. The average molecular weight is 340 g/mol. The SMILES string of the molecule is COc1ccc2c(ccc(/C=C/c3ccc(Cl)cc3)[n+]2CCN)c1. The zero-order valence-electron chi connectivity index (χ0n) is 13.6. The van der Waals surface area contributed by atoms with Gasteiger partial charge in [0.2, 0.25) is 11.2 Å². The highest BCUT2D eigenvalue weighted by Crippen LogP contribution is 2.19. The van der Waals surface area contributed by atoms with E-state index in [1.807, 2.05) is 36.4 Å². The number of ether oxygens (including phenoxy) is 1. The normalized spacial score (nSPS) is 11.3. The van der Waals surface area contributed by atoms with Crippen LogP contribution in [0.1, 0.15) is 11.3 Å². The van der Waals surface area contributed by atoms with Crippen LogP contribution in [0.4, 0.5) is 0 Å². The maximum Gasteiger partial charge on any atom is 0.213 e. The monoisotopic (exact) mass is 339 g/mol. The fourth-order valence-electron chi connectivity index (χ4n) is 2.72. The van der Waals surface area contributed by atoms with Crippen LogP contribution < -0.4 is 15.0 Å². The predicted octanol–water partition coefficient (Wildman–Crippen LogP) is 3.92. The summed E-state index contributed by atoms with van der Waals surface area (Å²) in [6.07, 6.45) is 4.18. The van der Waals surface area contributed by atoms with Crippen molar-refractivity contribution in [2.24, 2.45) is 5.73 Å². The fourth-order valence-corrected chi connectivity index (χ4v) is 2.85. The number of aromatic nitrogens is 1. The molecule has 0 aliphatic carbocycles. The molecule has 3 aromatic rings. The quantitative estimate of drug-likeness (QED) is 0.716. The van der Waals surface area contributed by atoms with Crippen LogP contribution in [0.2, 0.25) is 5.02 Å². The lowest BCUT2D eigenvalue weighted by atomic mass is 10.1. The van der Waals surface area contributed by atoms with Gasteiger partial charge in [0.05, 0.1) is 19.0 Å². The van der Waals surface area contributed by atoms with E-state index in [2.05, 4.69) is 34.9 Å². The molecule has 0 unspecified atom stereocenters. The number of halogens is 1. The number of nitrogens with two attached hydrogens (primary N) is 1. The minimum Gasteiger partial charge on any atom is -0.497 e. The van der Waals surface area contributed by atoms with E-state index < -0.39 is 0 Å². The van der Waals surface area contributed by atoms with Crippen molar-refractivity contribution in [3.05, 3.63) is 70.9 Å². The van der Waals surface area contributed by atoms with Crippen LogP contribution in [-0.2, 0) is 6.54 Å². The Bertz CT molecular complexity index is 873. The first-order valence-electron chi connectivity index (χ1n) is 7.85. The van der Waals surface area contributed by atoms with Gasteiger partial charge < -0.3 is 10.5 Å². The number of rotatable bonds is 5. The van der Waals surface area contributed by atoms with Gasteiger partial charge in [0.15, 0.2) is 6.54 Å². The number of nitrogens with zero attached hydrogens (tertiary/aromatic N) is 1. The molecular formula is C20H20ClN2O+. The molecule has 0 bridgehead atoms. The molecule has 1 aromatic heterocycles. The Labute approximate surface area is 146 Å². The summed E-state index contributed by atoms with van der Waals surface area (Å²) in [5.74, 6) is 0.853. The first kappa shape index (κ1) is 16.5. The third-order valence-corrected chi connectivity index (χ3v) is 4.19. The van der Waals surface area contributed by atoms with Gasteiger partial charge in [0.25, 0.3) is 0 Å². The Morgan fingerprint density at radius 3 is 2.54 bits per heavy atom. The predicted molar refractivity (Wildman–Crippen MR) is 100 cm³/mol. The summed E-state index contributed by atoms with van der Waals surface area (Å²) in [4.78, 5) is 0. The van der Waals surface area contributed by atoms with Crippen LogP contribution in [0, 0.1) is 0 Å². The molecule has 2 N–H and O–H groups in total. The van der Waals surface area contributed by atoms with E-state index in [4.69, 9.17) is 22.1 Å². The molecule has 0 amide bonds. The number of methoxy groups -OCH3 is 1. The van der Waals surface area contributed by atoms with E-state index in [-0.39, 0.29) is 0 Å². The van der Waals surface area contributed by atoms with Crippen LogP contribution in [-0.4, -0.2) is 13.7 Å². The van der Waals surface area contributed by atoms with Gasteiger partial charge in [-0.3, -0.25) is 0 Å². The van der Waals surface area contributed by atoms with Gasteiger partial charge in [-0.25, -0.2) is 0 Å². The van der Waals surface area contributed by atoms with E-state index in [9.17, 15) is 0 Å². The van der Waals surface area contributed by atoms with Gasteiger partial charge in [0.1, 0.15) is 5.75 Å². The second-order valence-electron chi connectivity index (χ2n) is 5.51. The van der Waals surface area contributed by atoms with Gasteiger partial charge in [-0.05, 0) is 42.0 Å². The topological polar surface area (TPSA) is 39.1 Å². The summed E-state index contributed by atoms with van der Waals surface area (Å²) in [5.41, 5.74) is 9.16. The van der Waals surface area contributed by atoms with E-state index in [0.29, 0.717) is 6.54 Å². The lowest BCUT2D eigenvalue weighted by Gasteiger charge is -2.06. The molecule has 1 heterocycles. The molecule has 24 heavy (non-hydrogen) atoms. The third-order valence-electron chi connectivity index (χ3n) is 3.94. The molecule has 0 fully saturated rings. The maximum absolute atomic E-state index is 5.93. The van der Waals surface area contributed by atoms with Crippen LogP contribution in [0.25, 0.3) is 23.1 Å². The van der Waals surface area contributed by atoms with Gasteiger partial charge in [-0.15, -0.1) is 0 Å². The van der Waals surface area contributed by atoms with Crippen LogP contribution in [0.15, 0.2) is 54.6 Å². The zero-order chi connectivity index (χ0) is 16.9. The molecule has 2 aromatic carbocycles. The van der Waals surface area contributed by atoms with Gasteiger partial charge in [-0.1, -0.05) is 23.7 Å². The Hall–Kier alpha value is -2.36. The van der Waals surface area contributed by atoms with Crippen LogP contribution in [0.3, 0.4) is 0 Å². The van der Waals surface area contributed by atoms with Crippen molar-refractivity contribution in [2.45, 2.75) is 6.54 Å². The fraction of sp³-hybridized carbons (Fsp3) is 0.150. The molecule has 122 valence electrons. The summed E-state index contributed by atoms with van der Waals surface area (Å²) < 4.78 is 7.53. The average Bonchev–Trinajstić information content (AvgIpc) is 2.62. The number of hydrogen-bond donors (Lipinski definition) is 1. The largest absolute Gasteiger partial charge is 0.497 e. The smallest absolute Gasteiger partial charge is 0.213 e. The van der Waals surface area contributed by atoms with Crippen molar-refractivity contribution in [3.8, 4) is 5.75 Å². The van der Waals surface area contributed by atoms with E-state index in [1.54, 1.807) is 7.11 Å². The second-order valence-corrected chi connectivity index (χ2v) is 5.94. The Kier molecular flexibility index (Phi) is 5.14. The molecule has 3 nitrogen and oxygen atoms in total. The highest BCUT2D eigenvalue weighted by atomic mass is 35.5. The van der Waals surface area contributed by atoms with E-state index in [0.717, 1.165) is 39.5 Å². The highest BCUT2D eigenvalue weighted by Gasteiger charge is 2.13. The molecule has 0 radical (unpaired) electrons. The Morgan fingerprint density at radius 1 is 1.04 bits per heavy atom. The summed E-state index contributed by atoms with van der Waals surface area (Å²) in [6.45, 7) is 1.33. The van der Waals surface area contributed by atoms with Crippen molar-refractivity contribution >= 4 is 34.7 Å². The molecule has 0 aliphatic rings. The lowest BCUT2D eigenvalue weighted by molar-refractivity contribution is -0.670. The standard InChI is InChI=1S/C20H20ClN2O/c1-24-19-10-11-20-16(14-19)5-9-18(23(20)13-12-22)8-4-15-2-6-17(21)7-3-15/h2-11,14H,12-13,22H2,1H3/q+1/b8-4+. The number of pyridine rings is 1. The minimum atomic E-state index is 0.581. The van der Waals surface area contributed by atoms with E-state index in [1.165, 1.54) is 0 Å². The Balaban J connectivity index is 2.03. The summed E-state index contributed by atoms with van der Waals surface area (Å²) >= 11 is 5.93. The molecular weight excluding hydrogens is 320 g/mol. The van der Waals surface area contributed by atoms with Crippen LogP contribution in [0.5, 0.6) is 5.75 Å². The molecule has 0 spiro atoms. The summed E-state index contributed by atoms with van der Waals surface area (Å²) in [5, 5.41) is 1.87. The molecule has 0 atom stereocenters. The summed E-state index contributed by atoms with van der Waals surface area (Å²) in [7, 11) is 1.68. The number of hydrogen-bond acceptors (Lipinski definition) is 2. The molecule has 0 saturated heterocycles. The third kappa shape index (κ3) is 3.58. The van der Waals surface area contributed by atoms with Gasteiger partial charge in [0, 0.05) is 23.2 Å². The van der Waals surface area contributed by atoms with Gasteiger partial charge >= 0.3 is 0 Å². The van der Waals surface area contributed by atoms with Crippen LogP contribution >= 0.6 is 11.6 Å². The van der Waals surface area contributed by atoms with Crippen molar-refractivity contribution in [1.82, 2.24) is 0 Å². The number of fused-ring (bicyclic) bond motifs is 1. The zero-order valence-corrected chi connectivity index (χ0v) is 14.3. The van der Waals surface area contributed by atoms with E-state index >= 15 is 0 Å². The van der Waals surface area contributed by atoms with Crippen molar-refractivity contribution in [3.63, 3.8) is 0 Å². The molecule has 0 aliphatic heterocycles. The Morgan fingerprint density at radius 2 is 1.83 bits per heavy atom.